The summed E-state index contributed by atoms with van der Waals surface area (Å²) < 4.78 is 39.3. The SMILES string of the molecule is CSc1ccccc1C(NCC(F)(F)F)C(c1cccnc1)c1cccnc1. The zero-order valence-electron chi connectivity index (χ0n) is 15.2. The van der Waals surface area contributed by atoms with Crippen molar-refractivity contribution in [3.05, 3.63) is 90.0 Å². The van der Waals surface area contributed by atoms with Crippen molar-refractivity contribution in [2.45, 2.75) is 23.0 Å². The zero-order chi connectivity index (χ0) is 20.0. The van der Waals surface area contributed by atoms with Crippen molar-refractivity contribution in [1.29, 1.82) is 0 Å². The molecule has 146 valence electrons. The third kappa shape index (κ3) is 5.11. The van der Waals surface area contributed by atoms with Gasteiger partial charge >= 0.3 is 6.18 Å². The van der Waals surface area contributed by atoms with E-state index in [1.165, 1.54) is 11.8 Å². The van der Waals surface area contributed by atoms with Gasteiger partial charge in [0.15, 0.2) is 0 Å². The molecule has 1 aromatic carbocycles. The van der Waals surface area contributed by atoms with Crippen LogP contribution in [-0.2, 0) is 0 Å². The van der Waals surface area contributed by atoms with Crippen molar-refractivity contribution < 1.29 is 13.2 Å². The Kier molecular flexibility index (Phi) is 6.70. The van der Waals surface area contributed by atoms with Crippen LogP contribution in [0.5, 0.6) is 0 Å². The van der Waals surface area contributed by atoms with Crippen molar-refractivity contribution in [2.75, 3.05) is 12.8 Å². The molecule has 2 heterocycles. The van der Waals surface area contributed by atoms with Crippen molar-refractivity contribution in [2.24, 2.45) is 0 Å². The first-order valence-corrected chi connectivity index (χ1v) is 9.95. The molecule has 0 fully saturated rings. The summed E-state index contributed by atoms with van der Waals surface area (Å²) in [6.45, 7) is -1.09. The van der Waals surface area contributed by atoms with Crippen molar-refractivity contribution in [1.82, 2.24) is 15.3 Å². The Morgan fingerprint density at radius 1 is 0.929 bits per heavy atom. The predicted octanol–water partition coefficient (Wildman–Crippen LogP) is 5.22. The zero-order valence-corrected chi connectivity index (χ0v) is 16.0. The van der Waals surface area contributed by atoms with E-state index in [0.717, 1.165) is 21.6 Å². The molecule has 0 radical (unpaired) electrons. The third-order valence-electron chi connectivity index (χ3n) is 4.42. The van der Waals surface area contributed by atoms with Gasteiger partial charge in [-0.3, -0.25) is 9.97 Å². The van der Waals surface area contributed by atoms with Crippen LogP contribution in [0.4, 0.5) is 13.2 Å². The van der Waals surface area contributed by atoms with E-state index in [2.05, 4.69) is 15.3 Å². The predicted molar refractivity (Wildman–Crippen MR) is 105 cm³/mol. The Hall–Kier alpha value is -2.38. The van der Waals surface area contributed by atoms with E-state index < -0.39 is 18.8 Å². The number of alkyl halides is 3. The second-order valence-electron chi connectivity index (χ2n) is 6.27. The summed E-state index contributed by atoms with van der Waals surface area (Å²) in [5.41, 5.74) is 2.47. The lowest BCUT2D eigenvalue weighted by Gasteiger charge is -2.31. The van der Waals surface area contributed by atoms with Gasteiger partial charge in [-0.1, -0.05) is 30.3 Å². The van der Waals surface area contributed by atoms with Crippen LogP contribution in [0.15, 0.2) is 78.2 Å². The van der Waals surface area contributed by atoms with Crippen LogP contribution in [0.25, 0.3) is 0 Å². The topological polar surface area (TPSA) is 37.8 Å². The van der Waals surface area contributed by atoms with E-state index in [-0.39, 0.29) is 5.92 Å². The molecule has 2 aromatic heterocycles. The Bertz CT molecular complexity index is 833. The molecule has 1 N–H and O–H groups in total. The highest BCUT2D eigenvalue weighted by molar-refractivity contribution is 7.98. The maximum atomic E-state index is 13.1. The smallest absolute Gasteiger partial charge is 0.301 e. The highest BCUT2D eigenvalue weighted by Gasteiger charge is 2.33. The van der Waals surface area contributed by atoms with E-state index >= 15 is 0 Å². The number of rotatable bonds is 7. The molecule has 0 aliphatic carbocycles. The summed E-state index contributed by atoms with van der Waals surface area (Å²) in [7, 11) is 0. The normalized spacial score (nSPS) is 12.9. The van der Waals surface area contributed by atoms with Crippen LogP contribution < -0.4 is 5.32 Å². The number of benzene rings is 1. The largest absolute Gasteiger partial charge is 0.401 e. The minimum atomic E-state index is -4.32. The number of pyridine rings is 2. The van der Waals surface area contributed by atoms with Crippen molar-refractivity contribution in [3.8, 4) is 0 Å². The number of hydrogen-bond donors (Lipinski definition) is 1. The highest BCUT2D eigenvalue weighted by atomic mass is 32.2. The number of nitrogens with one attached hydrogen (secondary N) is 1. The first-order valence-electron chi connectivity index (χ1n) is 8.72. The lowest BCUT2D eigenvalue weighted by Crippen LogP contribution is -2.35. The molecule has 0 aliphatic rings. The number of thioether (sulfide) groups is 1. The van der Waals surface area contributed by atoms with Gasteiger partial charge in [-0.15, -0.1) is 11.8 Å². The molecule has 3 aromatic rings. The summed E-state index contributed by atoms with van der Waals surface area (Å²) in [6, 6.07) is 14.3. The van der Waals surface area contributed by atoms with Gasteiger partial charge in [0, 0.05) is 41.6 Å². The van der Waals surface area contributed by atoms with Crippen LogP contribution in [0.1, 0.15) is 28.7 Å². The van der Waals surface area contributed by atoms with E-state index in [1.807, 2.05) is 42.7 Å². The Morgan fingerprint density at radius 2 is 1.54 bits per heavy atom. The molecule has 0 bridgehead atoms. The Morgan fingerprint density at radius 3 is 2.04 bits per heavy atom. The van der Waals surface area contributed by atoms with E-state index in [1.54, 1.807) is 36.9 Å². The Balaban J connectivity index is 2.13. The molecule has 1 atom stereocenters. The van der Waals surface area contributed by atoms with E-state index in [0.29, 0.717) is 0 Å². The van der Waals surface area contributed by atoms with Gasteiger partial charge in [0.25, 0.3) is 0 Å². The standard InChI is InChI=1S/C21H20F3N3S/c1-28-18-9-3-2-8-17(18)20(27-14-21(22,23)24)19(15-6-4-10-25-12-15)16-7-5-11-26-13-16/h2-13,19-20,27H,14H2,1H3. The fraction of sp³-hybridized carbons (Fsp3) is 0.238. The van der Waals surface area contributed by atoms with Gasteiger partial charge in [0.2, 0.25) is 0 Å². The van der Waals surface area contributed by atoms with Gasteiger partial charge in [-0.05, 0) is 41.1 Å². The summed E-state index contributed by atoms with van der Waals surface area (Å²) in [4.78, 5) is 9.30. The number of hydrogen-bond acceptors (Lipinski definition) is 4. The highest BCUT2D eigenvalue weighted by Crippen LogP contribution is 2.39. The van der Waals surface area contributed by atoms with Gasteiger partial charge in [-0.2, -0.15) is 13.2 Å². The van der Waals surface area contributed by atoms with Crippen LogP contribution >= 0.6 is 11.8 Å². The lowest BCUT2D eigenvalue weighted by molar-refractivity contribution is -0.126. The summed E-state index contributed by atoms with van der Waals surface area (Å²) >= 11 is 1.51. The molecule has 0 spiro atoms. The van der Waals surface area contributed by atoms with Gasteiger partial charge in [0.05, 0.1) is 6.54 Å². The summed E-state index contributed by atoms with van der Waals surface area (Å²) in [5, 5.41) is 2.75. The second kappa shape index (κ2) is 9.21. The fourth-order valence-corrected chi connectivity index (χ4v) is 3.90. The number of nitrogens with zero attached hydrogens (tertiary/aromatic N) is 2. The molecule has 1 unspecified atom stereocenters. The molecular formula is C21H20F3N3S. The molecule has 0 saturated carbocycles. The first-order chi connectivity index (χ1) is 13.5. The summed E-state index contributed by atoms with van der Waals surface area (Å²) in [6.07, 6.45) is 4.29. The average Bonchev–Trinajstić information content (AvgIpc) is 2.71. The van der Waals surface area contributed by atoms with Crippen molar-refractivity contribution in [3.63, 3.8) is 0 Å². The van der Waals surface area contributed by atoms with E-state index in [9.17, 15) is 13.2 Å². The quantitative estimate of drug-likeness (QED) is 0.549. The maximum absolute atomic E-state index is 13.1. The molecule has 0 saturated heterocycles. The fourth-order valence-electron chi connectivity index (χ4n) is 3.25. The maximum Gasteiger partial charge on any atom is 0.401 e. The monoisotopic (exact) mass is 403 g/mol. The summed E-state index contributed by atoms with van der Waals surface area (Å²) in [5.74, 6) is -0.377. The van der Waals surface area contributed by atoms with Crippen LogP contribution in [-0.4, -0.2) is 28.9 Å². The number of aromatic nitrogens is 2. The van der Waals surface area contributed by atoms with Crippen LogP contribution in [0.2, 0.25) is 0 Å². The van der Waals surface area contributed by atoms with Gasteiger partial charge < -0.3 is 5.32 Å². The van der Waals surface area contributed by atoms with Crippen LogP contribution in [0.3, 0.4) is 0 Å². The Labute approximate surface area is 166 Å². The molecule has 7 heteroatoms. The van der Waals surface area contributed by atoms with Crippen molar-refractivity contribution >= 4 is 11.8 Å². The third-order valence-corrected chi connectivity index (χ3v) is 5.23. The molecule has 28 heavy (non-hydrogen) atoms. The lowest BCUT2D eigenvalue weighted by atomic mass is 9.83. The minimum Gasteiger partial charge on any atom is -0.301 e. The number of halogens is 3. The average molecular weight is 403 g/mol. The molecule has 3 nitrogen and oxygen atoms in total. The van der Waals surface area contributed by atoms with E-state index in [4.69, 9.17) is 0 Å². The van der Waals surface area contributed by atoms with Gasteiger partial charge in [0.1, 0.15) is 0 Å². The van der Waals surface area contributed by atoms with Gasteiger partial charge in [-0.25, -0.2) is 0 Å². The molecular weight excluding hydrogens is 383 g/mol. The molecule has 3 rings (SSSR count). The second-order valence-corrected chi connectivity index (χ2v) is 7.11. The molecule has 0 amide bonds. The molecule has 0 aliphatic heterocycles. The van der Waals surface area contributed by atoms with Crippen LogP contribution in [0, 0.1) is 0 Å². The first kappa shape index (κ1) is 20.4. The minimum absolute atomic E-state index is 0.377.